The van der Waals surface area contributed by atoms with Crippen LogP contribution < -0.4 is 20.6 Å². The summed E-state index contributed by atoms with van der Waals surface area (Å²) in [5.41, 5.74) is 1.32. The van der Waals surface area contributed by atoms with Crippen molar-refractivity contribution >= 4 is 34.2 Å². The molecule has 7 nitrogen and oxygen atoms in total. The van der Waals surface area contributed by atoms with Crippen LogP contribution in [0.25, 0.3) is 11.0 Å². The zero-order chi connectivity index (χ0) is 19.7. The Hall–Kier alpha value is -3.61. The molecule has 0 saturated carbocycles. The Morgan fingerprint density at radius 1 is 1.14 bits per heavy atom. The molecule has 0 radical (unpaired) electrons. The van der Waals surface area contributed by atoms with Crippen LogP contribution in [0.5, 0.6) is 5.75 Å². The number of fused-ring (bicyclic) bond motifs is 1. The largest absolute Gasteiger partial charge is 0.497 e. The van der Waals surface area contributed by atoms with E-state index in [-0.39, 0.29) is 18.2 Å². The maximum atomic E-state index is 12.7. The molecule has 2 aromatic carbocycles. The normalized spacial score (nSPS) is 16.4. The quantitative estimate of drug-likeness (QED) is 0.705. The summed E-state index contributed by atoms with van der Waals surface area (Å²) in [6, 6.07) is 15.2. The second-order valence-electron chi connectivity index (χ2n) is 6.60. The molecule has 7 heteroatoms. The van der Waals surface area contributed by atoms with E-state index in [1.165, 1.54) is 6.07 Å². The third-order valence-corrected chi connectivity index (χ3v) is 4.75. The van der Waals surface area contributed by atoms with Gasteiger partial charge in [0, 0.05) is 41.9 Å². The Morgan fingerprint density at radius 3 is 2.82 bits per heavy atom. The topological polar surface area (TPSA) is 88.8 Å². The van der Waals surface area contributed by atoms with Crippen LogP contribution in [0.3, 0.4) is 0 Å². The van der Waals surface area contributed by atoms with Gasteiger partial charge in [0.2, 0.25) is 11.8 Å². The maximum Gasteiger partial charge on any atom is 0.336 e. The first-order valence-electron chi connectivity index (χ1n) is 8.83. The Labute approximate surface area is 160 Å². The lowest BCUT2D eigenvalue weighted by atomic mass is 10.1. The van der Waals surface area contributed by atoms with Crippen LogP contribution in [-0.2, 0) is 9.59 Å². The van der Waals surface area contributed by atoms with E-state index in [2.05, 4.69) is 5.32 Å². The molecule has 142 valence electrons. The van der Waals surface area contributed by atoms with Crippen LogP contribution >= 0.6 is 0 Å². The molecule has 0 spiro atoms. The summed E-state index contributed by atoms with van der Waals surface area (Å²) in [5.74, 6) is -0.131. The molecule has 1 aliphatic heterocycles. The molecule has 4 rings (SSSR count). The molecular formula is C21H18N2O5. The highest BCUT2D eigenvalue weighted by molar-refractivity contribution is 6.04. The van der Waals surface area contributed by atoms with Crippen molar-refractivity contribution in [3.8, 4) is 5.75 Å². The first kappa shape index (κ1) is 17.8. The van der Waals surface area contributed by atoms with E-state index < -0.39 is 11.5 Å². The van der Waals surface area contributed by atoms with Crippen molar-refractivity contribution in [2.75, 3.05) is 23.9 Å². The van der Waals surface area contributed by atoms with Gasteiger partial charge < -0.3 is 19.4 Å². The minimum absolute atomic E-state index is 0.103. The van der Waals surface area contributed by atoms with E-state index in [9.17, 15) is 14.4 Å². The number of anilines is 2. The van der Waals surface area contributed by atoms with E-state index in [0.717, 1.165) is 0 Å². The summed E-state index contributed by atoms with van der Waals surface area (Å²) < 4.78 is 10.3. The van der Waals surface area contributed by atoms with Gasteiger partial charge in [0.25, 0.3) is 0 Å². The van der Waals surface area contributed by atoms with E-state index >= 15 is 0 Å². The number of carbonyl (C=O) groups excluding carboxylic acids is 2. The smallest absolute Gasteiger partial charge is 0.336 e. The molecule has 0 bridgehead atoms. The van der Waals surface area contributed by atoms with Crippen molar-refractivity contribution in [2.45, 2.75) is 6.42 Å². The predicted octanol–water partition coefficient (Wildman–Crippen LogP) is 2.79. The van der Waals surface area contributed by atoms with Gasteiger partial charge in [-0.25, -0.2) is 4.79 Å². The summed E-state index contributed by atoms with van der Waals surface area (Å²) in [5, 5.41) is 3.55. The first-order valence-corrected chi connectivity index (χ1v) is 8.83. The summed E-state index contributed by atoms with van der Waals surface area (Å²) in [7, 11) is 1.57. The summed E-state index contributed by atoms with van der Waals surface area (Å²) >= 11 is 0. The molecule has 2 amide bonds. The fourth-order valence-corrected chi connectivity index (χ4v) is 3.31. The number of nitrogens with one attached hydrogen (secondary N) is 1. The summed E-state index contributed by atoms with van der Waals surface area (Å²) in [6.07, 6.45) is 0.144. The van der Waals surface area contributed by atoms with Crippen molar-refractivity contribution in [3.05, 3.63) is 65.0 Å². The van der Waals surface area contributed by atoms with Gasteiger partial charge in [0.1, 0.15) is 11.3 Å². The van der Waals surface area contributed by atoms with E-state index in [0.29, 0.717) is 34.6 Å². The SMILES string of the molecule is COc1cccc(N2C[C@@H](C(=O)Nc3ccc4oc(=O)ccc4c3)CC2=O)c1. The third-order valence-electron chi connectivity index (χ3n) is 4.75. The Bertz CT molecular complexity index is 1120. The van der Waals surface area contributed by atoms with Crippen molar-refractivity contribution in [1.29, 1.82) is 0 Å². The van der Waals surface area contributed by atoms with E-state index in [1.807, 2.05) is 12.1 Å². The van der Waals surface area contributed by atoms with Crippen LogP contribution in [0.2, 0.25) is 0 Å². The molecule has 0 unspecified atom stereocenters. The Kier molecular flexibility index (Phi) is 4.57. The second kappa shape index (κ2) is 7.19. The van der Waals surface area contributed by atoms with Gasteiger partial charge in [-0.3, -0.25) is 9.59 Å². The fraction of sp³-hybridized carbons (Fsp3) is 0.190. The number of hydrogen-bond acceptors (Lipinski definition) is 5. The first-order chi connectivity index (χ1) is 13.5. The van der Waals surface area contributed by atoms with Crippen molar-refractivity contribution in [2.24, 2.45) is 5.92 Å². The average molecular weight is 378 g/mol. The molecule has 1 fully saturated rings. The fourth-order valence-electron chi connectivity index (χ4n) is 3.31. The van der Waals surface area contributed by atoms with Crippen LogP contribution in [0.4, 0.5) is 11.4 Å². The lowest BCUT2D eigenvalue weighted by molar-refractivity contribution is -0.122. The lowest BCUT2D eigenvalue weighted by Gasteiger charge is -2.17. The van der Waals surface area contributed by atoms with Gasteiger partial charge in [0.15, 0.2) is 0 Å². The van der Waals surface area contributed by atoms with Gasteiger partial charge >= 0.3 is 5.63 Å². The van der Waals surface area contributed by atoms with E-state index in [4.69, 9.17) is 9.15 Å². The van der Waals surface area contributed by atoms with Crippen LogP contribution in [0, 0.1) is 5.92 Å². The molecular weight excluding hydrogens is 360 g/mol. The van der Waals surface area contributed by atoms with Crippen molar-refractivity contribution < 1.29 is 18.7 Å². The highest BCUT2D eigenvalue weighted by atomic mass is 16.5. The van der Waals surface area contributed by atoms with Gasteiger partial charge in [-0.1, -0.05) is 6.07 Å². The average Bonchev–Trinajstić information content (AvgIpc) is 3.10. The zero-order valence-electron chi connectivity index (χ0n) is 15.2. The highest BCUT2D eigenvalue weighted by Gasteiger charge is 2.35. The number of nitrogens with zero attached hydrogens (tertiary/aromatic N) is 1. The van der Waals surface area contributed by atoms with Gasteiger partial charge in [-0.05, 0) is 36.4 Å². The molecule has 1 N–H and O–H groups in total. The lowest BCUT2D eigenvalue weighted by Crippen LogP contribution is -2.28. The number of hydrogen-bond donors (Lipinski definition) is 1. The molecule has 3 aromatic rings. The Morgan fingerprint density at radius 2 is 2.00 bits per heavy atom. The molecule has 0 aliphatic carbocycles. The van der Waals surface area contributed by atoms with Gasteiger partial charge in [-0.15, -0.1) is 0 Å². The van der Waals surface area contributed by atoms with Crippen LogP contribution in [-0.4, -0.2) is 25.5 Å². The van der Waals surface area contributed by atoms with E-state index in [1.54, 1.807) is 48.4 Å². The van der Waals surface area contributed by atoms with Gasteiger partial charge in [0.05, 0.1) is 13.0 Å². The minimum Gasteiger partial charge on any atom is -0.497 e. The predicted molar refractivity (Wildman–Crippen MR) is 105 cm³/mol. The highest BCUT2D eigenvalue weighted by Crippen LogP contribution is 2.28. The number of methoxy groups -OCH3 is 1. The summed E-state index contributed by atoms with van der Waals surface area (Å²) in [6.45, 7) is 0.306. The monoisotopic (exact) mass is 378 g/mol. The molecule has 28 heavy (non-hydrogen) atoms. The number of amides is 2. The number of ether oxygens (including phenoxy) is 1. The molecule has 2 heterocycles. The van der Waals surface area contributed by atoms with Crippen molar-refractivity contribution in [1.82, 2.24) is 0 Å². The second-order valence-corrected chi connectivity index (χ2v) is 6.60. The Balaban J connectivity index is 1.49. The number of rotatable bonds is 4. The molecule has 1 aliphatic rings. The van der Waals surface area contributed by atoms with Crippen molar-refractivity contribution in [3.63, 3.8) is 0 Å². The molecule has 1 aromatic heterocycles. The maximum absolute atomic E-state index is 12.7. The minimum atomic E-state index is -0.455. The number of benzene rings is 2. The molecule has 1 atom stereocenters. The number of carbonyl (C=O) groups is 2. The third kappa shape index (κ3) is 3.46. The van der Waals surface area contributed by atoms with Crippen LogP contribution in [0.15, 0.2) is 63.8 Å². The zero-order valence-corrected chi connectivity index (χ0v) is 15.2. The van der Waals surface area contributed by atoms with Crippen LogP contribution in [0.1, 0.15) is 6.42 Å². The van der Waals surface area contributed by atoms with Gasteiger partial charge in [-0.2, -0.15) is 0 Å². The molecule has 1 saturated heterocycles. The standard InChI is InChI=1S/C21H18N2O5/c1-27-17-4-2-3-16(11-17)23-12-14(10-19(23)24)21(26)22-15-6-7-18-13(9-15)5-8-20(25)28-18/h2-9,11,14H,10,12H2,1H3,(H,22,26)/t14-/m0/s1. The summed E-state index contributed by atoms with van der Waals surface area (Å²) in [4.78, 5) is 37.9.